The number of aliphatic carboxylic acids is 1. The summed E-state index contributed by atoms with van der Waals surface area (Å²) in [6.45, 7) is -0.218. The molecule has 1 heterocycles. The van der Waals surface area contributed by atoms with Crippen molar-refractivity contribution in [1.29, 1.82) is 0 Å². The normalized spacial score (nSPS) is 25.6. The van der Waals surface area contributed by atoms with Crippen molar-refractivity contribution in [2.75, 3.05) is 6.54 Å². The van der Waals surface area contributed by atoms with Gasteiger partial charge in [-0.05, 0) is 25.7 Å². The fourth-order valence-electron chi connectivity index (χ4n) is 2.22. The van der Waals surface area contributed by atoms with E-state index in [0.29, 0.717) is 11.6 Å². The van der Waals surface area contributed by atoms with Crippen molar-refractivity contribution in [2.24, 2.45) is 10.7 Å². The number of aliphatic imine (C=N–C) groups is 1. The molecular formula is C10H14N2O3. The van der Waals surface area contributed by atoms with E-state index in [4.69, 9.17) is 15.6 Å². The van der Waals surface area contributed by atoms with Crippen LogP contribution >= 0.6 is 0 Å². The monoisotopic (exact) mass is 210 g/mol. The Labute approximate surface area is 87.6 Å². The van der Waals surface area contributed by atoms with Gasteiger partial charge < -0.3 is 15.6 Å². The van der Waals surface area contributed by atoms with E-state index in [2.05, 4.69) is 4.99 Å². The summed E-state index contributed by atoms with van der Waals surface area (Å²) in [5.74, 6) is -0.587. The van der Waals surface area contributed by atoms with Gasteiger partial charge in [0, 0.05) is 6.08 Å². The lowest BCUT2D eigenvalue weighted by molar-refractivity contribution is -0.135. The van der Waals surface area contributed by atoms with Gasteiger partial charge >= 0.3 is 5.97 Å². The molecule has 5 nitrogen and oxygen atoms in total. The summed E-state index contributed by atoms with van der Waals surface area (Å²) < 4.78 is 5.57. The molecule has 0 atom stereocenters. The maximum absolute atomic E-state index is 10.4. The maximum Gasteiger partial charge on any atom is 0.325 e. The molecule has 0 saturated heterocycles. The van der Waals surface area contributed by atoms with E-state index in [1.165, 1.54) is 0 Å². The van der Waals surface area contributed by atoms with Crippen molar-refractivity contribution in [1.82, 2.24) is 0 Å². The van der Waals surface area contributed by atoms with Gasteiger partial charge in [0.05, 0.1) is 5.71 Å². The molecule has 0 radical (unpaired) electrons. The Hall–Kier alpha value is -1.52. The van der Waals surface area contributed by atoms with Crippen LogP contribution in [0.2, 0.25) is 0 Å². The first-order chi connectivity index (χ1) is 7.12. The van der Waals surface area contributed by atoms with Crippen molar-refractivity contribution < 1.29 is 14.6 Å². The van der Waals surface area contributed by atoms with E-state index in [0.717, 1.165) is 25.7 Å². The Kier molecular flexibility index (Phi) is 2.38. The zero-order valence-corrected chi connectivity index (χ0v) is 8.40. The number of nitrogens with two attached hydrogens (primary N) is 1. The molecule has 0 bridgehead atoms. The largest absolute Gasteiger partial charge is 0.480 e. The highest BCUT2D eigenvalue weighted by atomic mass is 16.5. The predicted molar refractivity (Wildman–Crippen MR) is 54.5 cm³/mol. The molecule has 5 heteroatoms. The third-order valence-corrected chi connectivity index (χ3v) is 2.85. The van der Waals surface area contributed by atoms with Gasteiger partial charge in [-0.1, -0.05) is 0 Å². The summed E-state index contributed by atoms with van der Waals surface area (Å²) in [5, 5.41) is 8.57. The average molecular weight is 210 g/mol. The molecule has 82 valence electrons. The minimum atomic E-state index is -0.936. The molecule has 0 amide bonds. The number of ether oxygens (including phenoxy) is 1. The summed E-state index contributed by atoms with van der Waals surface area (Å²) in [6.07, 6.45) is 5.56. The average Bonchev–Trinajstić information content (AvgIpc) is 2.72. The molecule has 0 aromatic heterocycles. The van der Waals surface area contributed by atoms with Crippen molar-refractivity contribution in [3.05, 3.63) is 12.0 Å². The molecule has 0 aromatic rings. The van der Waals surface area contributed by atoms with Gasteiger partial charge in [0.1, 0.15) is 6.54 Å². The molecule has 0 unspecified atom stereocenters. The Bertz CT molecular complexity index is 341. The second kappa shape index (κ2) is 3.56. The molecule has 1 aliphatic carbocycles. The molecule has 1 aliphatic heterocycles. The predicted octanol–water partition coefficient (Wildman–Crippen LogP) is 0.655. The number of rotatable bonds is 2. The molecule has 1 saturated carbocycles. The number of carboxylic acid groups (broad SMARTS) is 1. The van der Waals surface area contributed by atoms with Crippen LogP contribution in [0.3, 0.4) is 0 Å². The quantitative estimate of drug-likeness (QED) is 0.701. The van der Waals surface area contributed by atoms with E-state index in [-0.39, 0.29) is 6.54 Å². The van der Waals surface area contributed by atoms with Crippen LogP contribution in [0.15, 0.2) is 17.0 Å². The van der Waals surface area contributed by atoms with Crippen LogP contribution in [-0.2, 0) is 9.53 Å². The second-order valence-electron chi connectivity index (χ2n) is 3.95. The van der Waals surface area contributed by atoms with E-state index >= 15 is 0 Å². The lowest BCUT2D eigenvalue weighted by atomic mass is 9.97. The highest BCUT2D eigenvalue weighted by Gasteiger charge is 2.44. The molecule has 2 aliphatic rings. The zero-order valence-electron chi connectivity index (χ0n) is 8.40. The highest BCUT2D eigenvalue weighted by Crippen LogP contribution is 2.39. The van der Waals surface area contributed by atoms with Crippen LogP contribution in [0.25, 0.3) is 0 Å². The Balaban J connectivity index is 2.19. The second-order valence-corrected chi connectivity index (χ2v) is 3.95. The molecule has 1 fully saturated rings. The van der Waals surface area contributed by atoms with Crippen LogP contribution in [0, 0.1) is 0 Å². The van der Waals surface area contributed by atoms with E-state index in [9.17, 15) is 4.79 Å². The Morgan fingerprint density at radius 1 is 1.60 bits per heavy atom. The van der Waals surface area contributed by atoms with E-state index in [1.807, 2.05) is 0 Å². The van der Waals surface area contributed by atoms with Crippen molar-refractivity contribution in [3.63, 3.8) is 0 Å². The lowest BCUT2D eigenvalue weighted by Crippen LogP contribution is -2.34. The van der Waals surface area contributed by atoms with Crippen LogP contribution in [0.4, 0.5) is 0 Å². The van der Waals surface area contributed by atoms with Gasteiger partial charge in [-0.15, -0.1) is 0 Å². The fourth-order valence-corrected chi connectivity index (χ4v) is 2.22. The third kappa shape index (κ3) is 1.82. The van der Waals surface area contributed by atoms with Gasteiger partial charge in [-0.3, -0.25) is 9.79 Å². The number of hydrogen-bond acceptors (Lipinski definition) is 4. The van der Waals surface area contributed by atoms with Crippen LogP contribution in [0.5, 0.6) is 0 Å². The minimum absolute atomic E-state index is 0.218. The first kappa shape index (κ1) is 10.0. The number of nitrogens with zero attached hydrogens (tertiary/aromatic N) is 1. The standard InChI is InChI=1S/C10H14N2O3/c11-8-5-7(12-6-9(13)14)10(15-8)3-1-2-4-10/h5H,1-4,6,11H2,(H,13,14). The summed E-state index contributed by atoms with van der Waals surface area (Å²) in [6, 6.07) is 0. The summed E-state index contributed by atoms with van der Waals surface area (Å²) in [4.78, 5) is 14.5. The van der Waals surface area contributed by atoms with Crippen LogP contribution in [-0.4, -0.2) is 28.9 Å². The van der Waals surface area contributed by atoms with Gasteiger partial charge in [0.2, 0.25) is 0 Å². The highest BCUT2D eigenvalue weighted by molar-refractivity contribution is 6.04. The van der Waals surface area contributed by atoms with E-state index in [1.54, 1.807) is 6.08 Å². The van der Waals surface area contributed by atoms with Crippen molar-refractivity contribution in [3.8, 4) is 0 Å². The topological polar surface area (TPSA) is 84.9 Å². The van der Waals surface area contributed by atoms with Crippen molar-refractivity contribution in [2.45, 2.75) is 31.3 Å². The fraction of sp³-hybridized carbons (Fsp3) is 0.600. The Morgan fingerprint density at radius 3 is 2.87 bits per heavy atom. The summed E-state index contributed by atoms with van der Waals surface area (Å²) >= 11 is 0. The number of hydrogen-bond donors (Lipinski definition) is 2. The van der Waals surface area contributed by atoms with Gasteiger partial charge in [-0.25, -0.2) is 0 Å². The third-order valence-electron chi connectivity index (χ3n) is 2.85. The summed E-state index contributed by atoms with van der Waals surface area (Å²) in [7, 11) is 0. The van der Waals surface area contributed by atoms with Gasteiger partial charge in [0.15, 0.2) is 11.5 Å². The molecule has 0 aromatic carbocycles. The number of carbonyl (C=O) groups is 1. The smallest absolute Gasteiger partial charge is 0.325 e. The lowest BCUT2D eigenvalue weighted by Gasteiger charge is -2.24. The molecule has 15 heavy (non-hydrogen) atoms. The molecule has 3 N–H and O–H groups in total. The van der Waals surface area contributed by atoms with Crippen molar-refractivity contribution >= 4 is 11.7 Å². The van der Waals surface area contributed by atoms with Gasteiger partial charge in [-0.2, -0.15) is 0 Å². The number of carboxylic acids is 1. The zero-order chi connectivity index (χ0) is 10.9. The first-order valence-corrected chi connectivity index (χ1v) is 5.05. The SMILES string of the molecule is NC1=CC(=NCC(=O)O)C2(CCCC2)O1. The molecule has 1 spiro atoms. The molecular weight excluding hydrogens is 196 g/mol. The first-order valence-electron chi connectivity index (χ1n) is 5.05. The van der Waals surface area contributed by atoms with E-state index < -0.39 is 11.6 Å². The Morgan fingerprint density at radius 2 is 2.27 bits per heavy atom. The van der Waals surface area contributed by atoms with Gasteiger partial charge in [0.25, 0.3) is 0 Å². The van der Waals surface area contributed by atoms with Crippen LogP contribution in [0.1, 0.15) is 25.7 Å². The minimum Gasteiger partial charge on any atom is -0.480 e. The maximum atomic E-state index is 10.4. The molecule has 2 rings (SSSR count). The summed E-state index contributed by atoms with van der Waals surface area (Å²) in [5.41, 5.74) is 5.87. The van der Waals surface area contributed by atoms with Crippen LogP contribution < -0.4 is 5.73 Å².